The van der Waals surface area contributed by atoms with E-state index in [2.05, 4.69) is 11.6 Å². The molecule has 0 unspecified atom stereocenters. The van der Waals surface area contributed by atoms with Gasteiger partial charge in [-0.15, -0.1) is 11.3 Å². The molecule has 0 aliphatic heterocycles. The smallest absolute Gasteiger partial charge is 0.0801 e. The Bertz CT molecular complexity index is 312. The van der Waals surface area contributed by atoms with Crippen molar-refractivity contribution in [2.24, 2.45) is 5.73 Å². The fourth-order valence-corrected chi connectivity index (χ4v) is 2.34. The molecule has 1 fully saturated rings. The van der Waals surface area contributed by atoms with E-state index in [1.54, 1.807) is 11.3 Å². The van der Waals surface area contributed by atoms with Crippen LogP contribution in [0.5, 0.6) is 0 Å². The lowest BCUT2D eigenvalue weighted by Crippen LogP contribution is -1.99. The third-order valence-electron chi connectivity index (χ3n) is 2.33. The van der Waals surface area contributed by atoms with Crippen molar-refractivity contribution in [3.05, 3.63) is 22.7 Å². The molecule has 0 saturated heterocycles. The second-order valence-corrected chi connectivity index (χ2v) is 4.34. The van der Waals surface area contributed by atoms with Crippen LogP contribution in [-0.4, -0.2) is 11.5 Å². The number of nitrogens with two attached hydrogens (primary N) is 1. The summed E-state index contributed by atoms with van der Waals surface area (Å²) >= 11 is 1.70. The van der Waals surface area contributed by atoms with Crippen molar-refractivity contribution in [2.75, 3.05) is 6.54 Å². The van der Waals surface area contributed by atoms with Gasteiger partial charge in [0.2, 0.25) is 0 Å². The van der Waals surface area contributed by atoms with E-state index in [0.717, 1.165) is 17.9 Å². The third-order valence-corrected chi connectivity index (χ3v) is 3.27. The predicted octanol–water partition coefficient (Wildman–Crippen LogP) is 2.38. The van der Waals surface area contributed by atoms with Gasteiger partial charge in [-0.05, 0) is 31.4 Å². The Kier molecular flexibility index (Phi) is 2.47. The van der Waals surface area contributed by atoms with E-state index in [1.807, 2.05) is 5.51 Å². The average molecular weight is 194 g/mol. The molecule has 13 heavy (non-hydrogen) atoms. The zero-order chi connectivity index (χ0) is 9.26. The minimum Gasteiger partial charge on any atom is -0.330 e. The molecule has 0 amide bonds. The van der Waals surface area contributed by atoms with Gasteiger partial charge >= 0.3 is 0 Å². The molecular formula is C10H14N2S. The first kappa shape index (κ1) is 8.91. The van der Waals surface area contributed by atoms with E-state index < -0.39 is 0 Å². The first-order chi connectivity index (χ1) is 6.33. The summed E-state index contributed by atoms with van der Waals surface area (Å²) in [6.45, 7) is 4.73. The molecule has 2 N–H and O–H groups in total. The van der Waals surface area contributed by atoms with Crippen LogP contribution < -0.4 is 5.73 Å². The second kappa shape index (κ2) is 3.60. The standard InChI is InChI=1S/C10H14N2S/c1-7(4-5-11)10-9(8-2-3-8)12-6-13-10/h6,8H,1-5,11H2. The molecule has 2 nitrogen and oxygen atoms in total. The highest BCUT2D eigenvalue weighted by Gasteiger charge is 2.28. The molecule has 0 atom stereocenters. The topological polar surface area (TPSA) is 38.9 Å². The molecule has 1 aromatic heterocycles. The maximum atomic E-state index is 5.50. The molecule has 0 spiro atoms. The number of nitrogens with zero attached hydrogens (tertiary/aromatic N) is 1. The summed E-state index contributed by atoms with van der Waals surface area (Å²) in [5.41, 5.74) is 9.85. The van der Waals surface area contributed by atoms with Crippen LogP contribution >= 0.6 is 11.3 Å². The Hall–Kier alpha value is -0.670. The highest BCUT2D eigenvalue weighted by atomic mass is 32.1. The first-order valence-corrected chi connectivity index (χ1v) is 5.52. The lowest BCUT2D eigenvalue weighted by Gasteiger charge is -2.02. The highest BCUT2D eigenvalue weighted by molar-refractivity contribution is 7.10. The van der Waals surface area contributed by atoms with E-state index in [1.165, 1.54) is 23.4 Å². The molecular weight excluding hydrogens is 180 g/mol. The Morgan fingerprint density at radius 2 is 2.46 bits per heavy atom. The number of rotatable bonds is 4. The molecule has 1 aliphatic carbocycles. The van der Waals surface area contributed by atoms with Gasteiger partial charge in [-0.2, -0.15) is 0 Å². The fourth-order valence-electron chi connectivity index (χ4n) is 1.45. The molecule has 70 valence electrons. The molecule has 1 heterocycles. The van der Waals surface area contributed by atoms with Crippen molar-refractivity contribution in [1.29, 1.82) is 0 Å². The van der Waals surface area contributed by atoms with Gasteiger partial charge in [-0.3, -0.25) is 0 Å². The normalized spacial score (nSPS) is 16.1. The maximum Gasteiger partial charge on any atom is 0.0801 e. The lowest BCUT2D eigenvalue weighted by molar-refractivity contribution is 1.00. The SMILES string of the molecule is C=C(CCN)c1scnc1C1CC1. The van der Waals surface area contributed by atoms with Gasteiger partial charge in [0, 0.05) is 5.92 Å². The number of hydrogen-bond acceptors (Lipinski definition) is 3. The zero-order valence-corrected chi connectivity index (χ0v) is 8.44. The van der Waals surface area contributed by atoms with E-state index in [9.17, 15) is 0 Å². The van der Waals surface area contributed by atoms with Gasteiger partial charge in [-0.1, -0.05) is 6.58 Å². The monoisotopic (exact) mass is 194 g/mol. The van der Waals surface area contributed by atoms with Crippen molar-refractivity contribution >= 4 is 16.9 Å². The summed E-state index contributed by atoms with van der Waals surface area (Å²) in [5, 5.41) is 0. The molecule has 1 aromatic rings. The number of aromatic nitrogens is 1. The van der Waals surface area contributed by atoms with Gasteiger partial charge in [0.15, 0.2) is 0 Å². The zero-order valence-electron chi connectivity index (χ0n) is 7.62. The molecule has 0 aromatic carbocycles. The molecule has 0 radical (unpaired) electrons. The molecule has 0 bridgehead atoms. The van der Waals surface area contributed by atoms with Crippen LogP contribution in [0.25, 0.3) is 5.57 Å². The van der Waals surface area contributed by atoms with Crippen molar-refractivity contribution in [3.63, 3.8) is 0 Å². The first-order valence-electron chi connectivity index (χ1n) is 4.64. The fraction of sp³-hybridized carbons (Fsp3) is 0.500. The lowest BCUT2D eigenvalue weighted by atomic mass is 10.1. The summed E-state index contributed by atoms with van der Waals surface area (Å²) in [7, 11) is 0. The number of thiazole rings is 1. The largest absolute Gasteiger partial charge is 0.330 e. The minimum atomic E-state index is 0.681. The third kappa shape index (κ3) is 1.81. The quantitative estimate of drug-likeness (QED) is 0.799. The Morgan fingerprint density at radius 1 is 1.69 bits per heavy atom. The van der Waals surface area contributed by atoms with Crippen LogP contribution in [0.2, 0.25) is 0 Å². The van der Waals surface area contributed by atoms with E-state index in [4.69, 9.17) is 5.73 Å². The maximum absolute atomic E-state index is 5.50. The van der Waals surface area contributed by atoms with Gasteiger partial charge in [0.25, 0.3) is 0 Å². The van der Waals surface area contributed by atoms with Gasteiger partial charge in [0.05, 0.1) is 16.1 Å². The van der Waals surface area contributed by atoms with Crippen LogP contribution in [0.3, 0.4) is 0 Å². The van der Waals surface area contributed by atoms with Gasteiger partial charge in [-0.25, -0.2) is 4.98 Å². The Labute approximate surface area is 82.5 Å². The predicted molar refractivity (Wildman–Crippen MR) is 56.8 cm³/mol. The van der Waals surface area contributed by atoms with Crippen LogP contribution in [0, 0.1) is 0 Å². The van der Waals surface area contributed by atoms with Crippen LogP contribution in [0.1, 0.15) is 35.8 Å². The van der Waals surface area contributed by atoms with Crippen molar-refractivity contribution in [2.45, 2.75) is 25.2 Å². The average Bonchev–Trinajstić information content (AvgIpc) is 2.84. The van der Waals surface area contributed by atoms with Crippen molar-refractivity contribution in [3.8, 4) is 0 Å². The molecule has 1 aliphatic rings. The molecule has 2 rings (SSSR count). The van der Waals surface area contributed by atoms with Gasteiger partial charge < -0.3 is 5.73 Å². The Balaban J connectivity index is 2.18. The molecule has 3 heteroatoms. The highest BCUT2D eigenvalue weighted by Crippen LogP contribution is 2.43. The van der Waals surface area contributed by atoms with Crippen LogP contribution in [0.15, 0.2) is 12.1 Å². The van der Waals surface area contributed by atoms with Crippen molar-refractivity contribution in [1.82, 2.24) is 4.98 Å². The Morgan fingerprint density at radius 3 is 3.08 bits per heavy atom. The van der Waals surface area contributed by atoms with E-state index >= 15 is 0 Å². The van der Waals surface area contributed by atoms with E-state index in [-0.39, 0.29) is 0 Å². The van der Waals surface area contributed by atoms with Gasteiger partial charge in [0.1, 0.15) is 0 Å². The summed E-state index contributed by atoms with van der Waals surface area (Å²) in [5.74, 6) is 0.718. The summed E-state index contributed by atoms with van der Waals surface area (Å²) in [6.07, 6.45) is 3.49. The second-order valence-electron chi connectivity index (χ2n) is 3.48. The van der Waals surface area contributed by atoms with Crippen molar-refractivity contribution < 1.29 is 0 Å². The summed E-state index contributed by atoms with van der Waals surface area (Å²) in [6, 6.07) is 0. The number of hydrogen-bond donors (Lipinski definition) is 1. The summed E-state index contributed by atoms with van der Waals surface area (Å²) < 4.78 is 0. The van der Waals surface area contributed by atoms with E-state index in [0.29, 0.717) is 6.54 Å². The molecule has 1 saturated carbocycles. The summed E-state index contributed by atoms with van der Waals surface area (Å²) in [4.78, 5) is 5.68. The van der Waals surface area contributed by atoms with Crippen LogP contribution in [-0.2, 0) is 0 Å². The minimum absolute atomic E-state index is 0.681. The van der Waals surface area contributed by atoms with Crippen LogP contribution in [0.4, 0.5) is 0 Å².